The Labute approximate surface area is 92.8 Å². The number of ether oxygens (including phenoxy) is 1. The summed E-state index contributed by atoms with van der Waals surface area (Å²) in [5.41, 5.74) is 0. The molecule has 0 spiro atoms. The molecule has 3 nitrogen and oxygen atoms in total. The first kappa shape index (κ1) is 14.0. The number of nitrogens with zero attached hydrogens (tertiary/aromatic N) is 1. The number of hydrogen-bond donors (Lipinski definition) is 0. The molecular formula is C12H21NO2. The number of hydrogen-bond acceptors (Lipinski definition) is 2. The lowest BCUT2D eigenvalue weighted by molar-refractivity contribution is -0.131. The van der Waals surface area contributed by atoms with E-state index in [0.717, 1.165) is 13.0 Å². The smallest absolute Gasteiger partial charge is 0.223 e. The maximum absolute atomic E-state index is 11.8. The monoisotopic (exact) mass is 211 g/mol. The highest BCUT2D eigenvalue weighted by Crippen LogP contribution is 2.06. The summed E-state index contributed by atoms with van der Waals surface area (Å²) < 4.78 is 4.99. The summed E-state index contributed by atoms with van der Waals surface area (Å²) in [6.07, 6.45) is 6.66. The van der Waals surface area contributed by atoms with Gasteiger partial charge in [0.25, 0.3) is 0 Å². The molecule has 0 aliphatic carbocycles. The molecule has 0 N–H and O–H groups in total. The first-order valence-corrected chi connectivity index (χ1v) is 5.35. The van der Waals surface area contributed by atoms with Crippen LogP contribution >= 0.6 is 0 Å². The Balaban J connectivity index is 4.07. The van der Waals surface area contributed by atoms with Gasteiger partial charge in [-0.25, -0.2) is 0 Å². The minimum Gasteiger partial charge on any atom is -0.384 e. The van der Waals surface area contributed by atoms with Gasteiger partial charge in [0.05, 0.1) is 6.54 Å². The number of carbonyl (C=O) groups is 1. The zero-order valence-electron chi connectivity index (χ0n) is 9.95. The van der Waals surface area contributed by atoms with Gasteiger partial charge in [-0.05, 0) is 12.3 Å². The molecule has 0 radical (unpaired) electrons. The van der Waals surface area contributed by atoms with Crippen LogP contribution in [0, 0.1) is 18.3 Å². The van der Waals surface area contributed by atoms with E-state index in [1.54, 1.807) is 12.0 Å². The van der Waals surface area contributed by atoms with Crippen molar-refractivity contribution in [2.75, 3.05) is 26.8 Å². The van der Waals surface area contributed by atoms with Gasteiger partial charge in [-0.15, -0.1) is 6.42 Å². The average molecular weight is 211 g/mol. The number of carbonyl (C=O) groups excluding carboxylic acids is 1. The number of rotatable bonds is 7. The summed E-state index contributed by atoms with van der Waals surface area (Å²) in [5, 5.41) is 0. The largest absolute Gasteiger partial charge is 0.384 e. The van der Waals surface area contributed by atoms with Gasteiger partial charge in [0.2, 0.25) is 5.91 Å². The normalized spacial score (nSPS) is 11.9. The second-order valence-corrected chi connectivity index (χ2v) is 3.78. The van der Waals surface area contributed by atoms with Crippen LogP contribution in [0.1, 0.15) is 26.7 Å². The van der Waals surface area contributed by atoms with Crippen LogP contribution in [0.15, 0.2) is 0 Å². The van der Waals surface area contributed by atoms with Gasteiger partial charge in [-0.1, -0.05) is 19.8 Å². The van der Waals surface area contributed by atoms with Crippen LogP contribution in [-0.2, 0) is 9.53 Å². The first-order chi connectivity index (χ1) is 7.15. The van der Waals surface area contributed by atoms with E-state index >= 15 is 0 Å². The van der Waals surface area contributed by atoms with Gasteiger partial charge in [0, 0.05) is 26.7 Å². The number of terminal acetylenes is 1. The van der Waals surface area contributed by atoms with Gasteiger partial charge in [-0.2, -0.15) is 0 Å². The summed E-state index contributed by atoms with van der Waals surface area (Å²) in [7, 11) is 1.65. The number of methoxy groups -OCH3 is 1. The third-order valence-electron chi connectivity index (χ3n) is 2.10. The van der Waals surface area contributed by atoms with E-state index in [-0.39, 0.29) is 11.8 Å². The van der Waals surface area contributed by atoms with Crippen LogP contribution in [0.3, 0.4) is 0 Å². The molecule has 0 aromatic rings. The van der Waals surface area contributed by atoms with E-state index in [1.165, 1.54) is 0 Å². The zero-order chi connectivity index (χ0) is 11.7. The minimum atomic E-state index is 0.124. The topological polar surface area (TPSA) is 29.5 Å². The van der Waals surface area contributed by atoms with Crippen molar-refractivity contribution < 1.29 is 9.53 Å². The van der Waals surface area contributed by atoms with Crippen LogP contribution in [0.4, 0.5) is 0 Å². The molecular weight excluding hydrogens is 190 g/mol. The third-order valence-corrected chi connectivity index (χ3v) is 2.10. The molecule has 1 atom stereocenters. The lowest BCUT2D eigenvalue weighted by atomic mass is 10.1. The van der Waals surface area contributed by atoms with Crippen LogP contribution in [-0.4, -0.2) is 37.6 Å². The Kier molecular flexibility index (Phi) is 7.75. The van der Waals surface area contributed by atoms with Gasteiger partial charge in [-0.3, -0.25) is 4.79 Å². The van der Waals surface area contributed by atoms with Crippen LogP contribution in [0.2, 0.25) is 0 Å². The molecule has 0 aliphatic rings. The lowest BCUT2D eigenvalue weighted by Gasteiger charge is -2.21. The van der Waals surface area contributed by atoms with E-state index in [4.69, 9.17) is 11.2 Å². The fourth-order valence-corrected chi connectivity index (χ4v) is 1.44. The fourth-order valence-electron chi connectivity index (χ4n) is 1.44. The van der Waals surface area contributed by atoms with Gasteiger partial charge >= 0.3 is 0 Å². The van der Waals surface area contributed by atoms with Crippen LogP contribution in [0.5, 0.6) is 0 Å². The summed E-state index contributed by atoms with van der Waals surface area (Å²) >= 11 is 0. The molecule has 0 saturated heterocycles. The van der Waals surface area contributed by atoms with Gasteiger partial charge < -0.3 is 9.64 Å². The van der Waals surface area contributed by atoms with E-state index in [2.05, 4.69) is 5.92 Å². The molecule has 0 rings (SSSR count). The lowest BCUT2D eigenvalue weighted by Crippen LogP contribution is -2.33. The quantitative estimate of drug-likeness (QED) is 0.598. The maximum atomic E-state index is 11.8. The molecule has 0 saturated carbocycles. The molecule has 0 aromatic carbocycles. The summed E-state index contributed by atoms with van der Waals surface area (Å²) in [6, 6.07) is 0. The zero-order valence-corrected chi connectivity index (χ0v) is 9.95. The Bertz CT molecular complexity index is 220. The second kappa shape index (κ2) is 8.31. The molecule has 0 fully saturated rings. The Morgan fingerprint density at radius 1 is 1.60 bits per heavy atom. The standard InChI is InChI=1S/C12H21NO2/c1-5-7-13(8-6-2)12(14)9-11(3)10-15-4/h1,11H,6-10H2,2-4H3. The van der Waals surface area contributed by atoms with Crippen molar-refractivity contribution >= 4 is 5.91 Å². The molecule has 0 aliphatic heterocycles. The predicted octanol–water partition coefficient (Wildman–Crippen LogP) is 1.53. The van der Waals surface area contributed by atoms with Crippen LogP contribution < -0.4 is 0 Å². The molecule has 86 valence electrons. The molecule has 0 aromatic heterocycles. The molecule has 1 amide bonds. The highest BCUT2D eigenvalue weighted by molar-refractivity contribution is 5.76. The second-order valence-electron chi connectivity index (χ2n) is 3.78. The Hall–Kier alpha value is -1.01. The van der Waals surface area contributed by atoms with E-state index in [1.807, 2.05) is 13.8 Å². The summed E-state index contributed by atoms with van der Waals surface area (Å²) in [4.78, 5) is 13.5. The van der Waals surface area contributed by atoms with E-state index < -0.39 is 0 Å². The van der Waals surface area contributed by atoms with Crippen molar-refractivity contribution in [2.24, 2.45) is 5.92 Å². The minimum absolute atomic E-state index is 0.124. The van der Waals surface area contributed by atoms with Crippen molar-refractivity contribution in [1.29, 1.82) is 0 Å². The van der Waals surface area contributed by atoms with Gasteiger partial charge in [0.1, 0.15) is 0 Å². The molecule has 0 bridgehead atoms. The maximum Gasteiger partial charge on any atom is 0.223 e. The highest BCUT2D eigenvalue weighted by atomic mass is 16.5. The highest BCUT2D eigenvalue weighted by Gasteiger charge is 2.14. The van der Waals surface area contributed by atoms with Crippen molar-refractivity contribution in [3.63, 3.8) is 0 Å². The molecule has 0 heterocycles. The molecule has 1 unspecified atom stereocenters. The summed E-state index contributed by atoms with van der Waals surface area (Å²) in [6.45, 7) is 5.80. The average Bonchev–Trinajstić information content (AvgIpc) is 2.17. The van der Waals surface area contributed by atoms with Crippen LogP contribution in [0.25, 0.3) is 0 Å². The Morgan fingerprint density at radius 2 is 2.27 bits per heavy atom. The third kappa shape index (κ3) is 6.14. The van der Waals surface area contributed by atoms with Crippen molar-refractivity contribution in [1.82, 2.24) is 4.90 Å². The van der Waals surface area contributed by atoms with Crippen molar-refractivity contribution in [3.8, 4) is 12.3 Å². The van der Waals surface area contributed by atoms with Gasteiger partial charge in [0.15, 0.2) is 0 Å². The number of amides is 1. The van der Waals surface area contributed by atoms with E-state index in [0.29, 0.717) is 19.6 Å². The first-order valence-electron chi connectivity index (χ1n) is 5.35. The van der Waals surface area contributed by atoms with Crippen molar-refractivity contribution in [2.45, 2.75) is 26.7 Å². The van der Waals surface area contributed by atoms with Crippen molar-refractivity contribution in [3.05, 3.63) is 0 Å². The SMILES string of the molecule is C#CCN(CCC)C(=O)CC(C)COC. The fraction of sp³-hybridized carbons (Fsp3) is 0.750. The Morgan fingerprint density at radius 3 is 2.73 bits per heavy atom. The summed E-state index contributed by atoms with van der Waals surface area (Å²) in [5.74, 6) is 2.89. The molecule has 15 heavy (non-hydrogen) atoms. The molecule has 3 heteroatoms. The van der Waals surface area contributed by atoms with E-state index in [9.17, 15) is 4.79 Å². The predicted molar refractivity (Wildman–Crippen MR) is 61.4 cm³/mol.